The maximum Gasteiger partial charge on any atom is 0.251 e. The van der Waals surface area contributed by atoms with Crippen LogP contribution in [0.4, 0.5) is 5.69 Å². The number of aryl methyl sites for hydroxylation is 1. The molecular formula is C18H25N5O2. The van der Waals surface area contributed by atoms with Crippen LogP contribution < -0.4 is 10.2 Å². The van der Waals surface area contributed by atoms with Crippen LogP contribution in [0.15, 0.2) is 30.6 Å². The van der Waals surface area contributed by atoms with Gasteiger partial charge in [-0.15, -0.1) is 0 Å². The van der Waals surface area contributed by atoms with Gasteiger partial charge in [-0.1, -0.05) is 13.8 Å². The third-order valence-corrected chi connectivity index (χ3v) is 4.48. The molecule has 0 saturated carbocycles. The highest BCUT2D eigenvalue weighted by Gasteiger charge is 2.23. The maximum absolute atomic E-state index is 12.7. The number of carbonyl (C=O) groups is 1. The van der Waals surface area contributed by atoms with E-state index in [0.717, 1.165) is 37.8 Å². The Balaban J connectivity index is 1.70. The fraction of sp³-hybridized carbons (Fsp3) is 0.500. The van der Waals surface area contributed by atoms with Crippen LogP contribution in [0.1, 0.15) is 36.1 Å². The Hall–Kier alpha value is -2.41. The van der Waals surface area contributed by atoms with Crippen LogP contribution in [0.2, 0.25) is 0 Å². The first-order valence-corrected chi connectivity index (χ1v) is 8.64. The molecule has 134 valence electrons. The van der Waals surface area contributed by atoms with Gasteiger partial charge >= 0.3 is 0 Å². The van der Waals surface area contributed by atoms with Crippen molar-refractivity contribution in [3.63, 3.8) is 0 Å². The normalized spacial score (nSPS) is 16.1. The van der Waals surface area contributed by atoms with Gasteiger partial charge in [-0.2, -0.15) is 5.10 Å². The lowest BCUT2D eigenvalue weighted by Gasteiger charge is -2.29. The average molecular weight is 343 g/mol. The molecule has 1 aromatic heterocycles. The molecule has 1 unspecified atom stereocenters. The number of nitrogens with zero attached hydrogens (tertiary/aromatic N) is 4. The van der Waals surface area contributed by atoms with Gasteiger partial charge in [-0.3, -0.25) is 9.48 Å². The van der Waals surface area contributed by atoms with E-state index in [1.165, 1.54) is 6.33 Å². The smallest absolute Gasteiger partial charge is 0.251 e. The van der Waals surface area contributed by atoms with Gasteiger partial charge in [0.2, 0.25) is 0 Å². The summed E-state index contributed by atoms with van der Waals surface area (Å²) in [4.78, 5) is 19.2. The number of morpholine rings is 1. The van der Waals surface area contributed by atoms with Crippen molar-refractivity contribution < 1.29 is 9.53 Å². The molecule has 1 amide bonds. The summed E-state index contributed by atoms with van der Waals surface area (Å²) in [6.45, 7) is 7.37. The topological polar surface area (TPSA) is 72.3 Å². The molecule has 7 heteroatoms. The summed E-state index contributed by atoms with van der Waals surface area (Å²) < 4.78 is 7.08. The summed E-state index contributed by atoms with van der Waals surface area (Å²) in [5.41, 5.74) is 1.76. The Morgan fingerprint density at radius 3 is 2.44 bits per heavy atom. The van der Waals surface area contributed by atoms with Crippen LogP contribution >= 0.6 is 0 Å². The number of anilines is 1. The SMILES string of the molecule is CC(C)C(NC(=O)c1ccc(N2CCOCC2)cc1)c1ncnn1C. The fourth-order valence-electron chi connectivity index (χ4n) is 2.99. The van der Waals surface area contributed by atoms with Crippen molar-refractivity contribution in [1.82, 2.24) is 20.1 Å². The van der Waals surface area contributed by atoms with E-state index >= 15 is 0 Å². The van der Waals surface area contributed by atoms with Crippen LogP contribution in [0, 0.1) is 5.92 Å². The van der Waals surface area contributed by atoms with Crippen molar-refractivity contribution in [2.75, 3.05) is 31.2 Å². The van der Waals surface area contributed by atoms with E-state index < -0.39 is 0 Å². The Labute approximate surface area is 148 Å². The quantitative estimate of drug-likeness (QED) is 0.896. The highest BCUT2D eigenvalue weighted by Crippen LogP contribution is 2.21. The third kappa shape index (κ3) is 3.99. The van der Waals surface area contributed by atoms with Crippen LogP contribution in [-0.4, -0.2) is 47.0 Å². The molecule has 1 atom stereocenters. The van der Waals surface area contributed by atoms with Crippen LogP contribution in [0.3, 0.4) is 0 Å². The lowest BCUT2D eigenvalue weighted by atomic mass is 10.0. The van der Waals surface area contributed by atoms with Crippen LogP contribution in [-0.2, 0) is 11.8 Å². The van der Waals surface area contributed by atoms with Gasteiger partial charge < -0.3 is 15.0 Å². The van der Waals surface area contributed by atoms with Gasteiger partial charge in [0.25, 0.3) is 5.91 Å². The predicted molar refractivity (Wildman–Crippen MR) is 95.5 cm³/mol. The molecular weight excluding hydrogens is 318 g/mol. The molecule has 1 aliphatic heterocycles. The van der Waals surface area contributed by atoms with Gasteiger partial charge in [0.1, 0.15) is 12.2 Å². The van der Waals surface area contributed by atoms with Gasteiger partial charge in [-0.05, 0) is 30.2 Å². The summed E-state index contributed by atoms with van der Waals surface area (Å²) in [5.74, 6) is 0.864. The molecule has 2 heterocycles. The van der Waals surface area contributed by atoms with Crippen molar-refractivity contribution in [3.05, 3.63) is 42.0 Å². The average Bonchev–Trinajstić information content (AvgIpc) is 3.05. The van der Waals surface area contributed by atoms with E-state index in [1.807, 2.05) is 31.3 Å². The number of ether oxygens (including phenoxy) is 1. The second-order valence-electron chi connectivity index (χ2n) is 6.58. The number of amides is 1. The van der Waals surface area contributed by atoms with E-state index in [4.69, 9.17) is 4.74 Å². The summed E-state index contributed by atoms with van der Waals surface area (Å²) in [6.07, 6.45) is 1.51. The Bertz CT molecular complexity index is 705. The van der Waals surface area contributed by atoms with Gasteiger partial charge in [0.05, 0.1) is 19.3 Å². The number of benzene rings is 1. The summed E-state index contributed by atoms with van der Waals surface area (Å²) >= 11 is 0. The molecule has 1 N–H and O–H groups in total. The van der Waals surface area contributed by atoms with Crippen LogP contribution in [0.5, 0.6) is 0 Å². The highest BCUT2D eigenvalue weighted by molar-refractivity contribution is 5.94. The second-order valence-corrected chi connectivity index (χ2v) is 6.58. The van der Waals surface area contributed by atoms with Gasteiger partial charge in [0, 0.05) is 31.4 Å². The molecule has 0 bridgehead atoms. The molecule has 1 aromatic carbocycles. The third-order valence-electron chi connectivity index (χ3n) is 4.48. The maximum atomic E-state index is 12.7. The molecule has 7 nitrogen and oxygen atoms in total. The first-order chi connectivity index (χ1) is 12.1. The molecule has 2 aromatic rings. The molecule has 1 saturated heterocycles. The second kappa shape index (κ2) is 7.65. The molecule has 0 aliphatic carbocycles. The number of hydrogen-bond acceptors (Lipinski definition) is 5. The number of rotatable bonds is 5. The standard InChI is InChI=1S/C18H25N5O2/c1-13(2)16(17-19-12-20-22(17)3)21-18(24)14-4-6-15(7-5-14)23-8-10-25-11-9-23/h4-7,12-13,16H,8-11H2,1-3H3,(H,21,24). The molecule has 3 rings (SSSR count). The summed E-state index contributed by atoms with van der Waals surface area (Å²) in [7, 11) is 1.83. The highest BCUT2D eigenvalue weighted by atomic mass is 16.5. The van der Waals surface area contributed by atoms with E-state index in [-0.39, 0.29) is 17.9 Å². The number of carbonyl (C=O) groups excluding carboxylic acids is 1. The minimum atomic E-state index is -0.182. The first-order valence-electron chi connectivity index (χ1n) is 8.64. The van der Waals surface area contributed by atoms with Crippen molar-refractivity contribution in [3.8, 4) is 0 Å². The van der Waals surface area contributed by atoms with Crippen LogP contribution in [0.25, 0.3) is 0 Å². The zero-order chi connectivity index (χ0) is 17.8. The van der Waals surface area contributed by atoms with E-state index in [9.17, 15) is 4.79 Å². The molecule has 0 spiro atoms. The van der Waals surface area contributed by atoms with E-state index in [2.05, 4.69) is 34.1 Å². The van der Waals surface area contributed by atoms with Crippen molar-refractivity contribution in [1.29, 1.82) is 0 Å². The largest absolute Gasteiger partial charge is 0.378 e. The molecule has 1 aliphatic rings. The zero-order valence-electron chi connectivity index (χ0n) is 15.0. The zero-order valence-corrected chi connectivity index (χ0v) is 15.0. The number of nitrogens with one attached hydrogen (secondary N) is 1. The monoisotopic (exact) mass is 343 g/mol. The Kier molecular flexibility index (Phi) is 5.33. The number of aromatic nitrogens is 3. The van der Waals surface area contributed by atoms with E-state index in [0.29, 0.717) is 5.56 Å². The minimum absolute atomic E-state index is 0.102. The Morgan fingerprint density at radius 2 is 1.88 bits per heavy atom. The predicted octanol–water partition coefficient (Wildman–Crippen LogP) is 1.78. The molecule has 25 heavy (non-hydrogen) atoms. The lowest BCUT2D eigenvalue weighted by molar-refractivity contribution is 0.0922. The van der Waals surface area contributed by atoms with Gasteiger partial charge in [0.15, 0.2) is 0 Å². The van der Waals surface area contributed by atoms with Crippen molar-refractivity contribution in [2.45, 2.75) is 19.9 Å². The lowest BCUT2D eigenvalue weighted by Crippen LogP contribution is -2.36. The fourth-order valence-corrected chi connectivity index (χ4v) is 2.99. The molecule has 0 radical (unpaired) electrons. The first kappa shape index (κ1) is 17.4. The minimum Gasteiger partial charge on any atom is -0.378 e. The molecule has 1 fully saturated rings. The Morgan fingerprint density at radius 1 is 1.20 bits per heavy atom. The van der Waals surface area contributed by atoms with Crippen molar-refractivity contribution in [2.24, 2.45) is 13.0 Å². The summed E-state index contributed by atoms with van der Waals surface area (Å²) in [5, 5.41) is 7.18. The van der Waals surface area contributed by atoms with Gasteiger partial charge in [-0.25, -0.2) is 4.98 Å². The van der Waals surface area contributed by atoms with Crippen molar-refractivity contribution >= 4 is 11.6 Å². The number of hydrogen-bond donors (Lipinski definition) is 1. The van der Waals surface area contributed by atoms with E-state index in [1.54, 1.807) is 4.68 Å². The summed E-state index contributed by atoms with van der Waals surface area (Å²) in [6, 6.07) is 7.54.